The molecule has 0 amide bonds. The van der Waals surface area contributed by atoms with E-state index in [0.29, 0.717) is 0 Å². The fraction of sp³-hybridized carbons (Fsp3) is 0.429. The lowest BCUT2D eigenvalue weighted by Crippen LogP contribution is -2.67. The largest absolute Gasteiger partial charge is 0.455 e. The summed E-state index contributed by atoms with van der Waals surface area (Å²) in [6, 6.07) is 0. The topological polar surface area (TPSA) is 146 Å². The molecular formula is C14H14O10. The number of esters is 4. The Hall–Kier alpha value is -2.72. The Bertz CT molecular complexity index is 664. The van der Waals surface area contributed by atoms with Gasteiger partial charge in [-0.05, 0) is 6.92 Å². The molecule has 10 heteroatoms. The molecule has 0 aliphatic carbocycles. The zero-order valence-electron chi connectivity index (χ0n) is 12.6. The highest BCUT2D eigenvalue weighted by atomic mass is 16.9. The van der Waals surface area contributed by atoms with Gasteiger partial charge >= 0.3 is 35.6 Å². The maximum Gasteiger partial charge on any atom is 0.447 e. The van der Waals surface area contributed by atoms with E-state index in [1.807, 2.05) is 0 Å². The van der Waals surface area contributed by atoms with Crippen molar-refractivity contribution >= 4 is 23.9 Å². The summed E-state index contributed by atoms with van der Waals surface area (Å²) in [5, 5.41) is 21.0. The molecule has 0 aromatic carbocycles. The van der Waals surface area contributed by atoms with E-state index in [9.17, 15) is 29.4 Å². The summed E-state index contributed by atoms with van der Waals surface area (Å²) < 4.78 is 18.5. The fourth-order valence-corrected chi connectivity index (χ4v) is 1.98. The molecule has 2 saturated heterocycles. The molecule has 0 aromatic heterocycles. The van der Waals surface area contributed by atoms with E-state index in [-0.39, 0.29) is 5.57 Å². The lowest BCUT2D eigenvalue weighted by Gasteiger charge is -2.41. The van der Waals surface area contributed by atoms with Crippen LogP contribution in [-0.4, -0.2) is 52.0 Å². The van der Waals surface area contributed by atoms with E-state index in [2.05, 4.69) is 27.4 Å². The number of hydrogen-bond acceptors (Lipinski definition) is 10. The molecule has 2 fully saturated rings. The second-order valence-corrected chi connectivity index (χ2v) is 5.22. The number of carbonyl (C=O) groups is 4. The maximum absolute atomic E-state index is 11.9. The van der Waals surface area contributed by atoms with Gasteiger partial charge in [-0.3, -0.25) is 9.59 Å². The molecule has 2 aliphatic rings. The third-order valence-corrected chi connectivity index (χ3v) is 3.34. The third-order valence-electron chi connectivity index (χ3n) is 3.34. The van der Waals surface area contributed by atoms with E-state index < -0.39 is 60.2 Å². The van der Waals surface area contributed by atoms with Gasteiger partial charge in [0.05, 0.1) is 12.8 Å². The zero-order valence-corrected chi connectivity index (χ0v) is 12.6. The van der Waals surface area contributed by atoms with Gasteiger partial charge < -0.3 is 29.2 Å². The van der Waals surface area contributed by atoms with Gasteiger partial charge in [-0.1, -0.05) is 13.2 Å². The van der Waals surface area contributed by atoms with Crippen LogP contribution in [-0.2, 0) is 38.1 Å². The van der Waals surface area contributed by atoms with Crippen molar-refractivity contribution < 1.29 is 48.3 Å². The van der Waals surface area contributed by atoms with Crippen molar-refractivity contribution in [2.24, 2.45) is 0 Å². The molecule has 2 rings (SSSR count). The molecule has 24 heavy (non-hydrogen) atoms. The second-order valence-electron chi connectivity index (χ2n) is 5.22. The van der Waals surface area contributed by atoms with E-state index in [1.165, 1.54) is 0 Å². The SMILES string of the molecule is C=C1CC(=O)OC(O)(C2(O)OC(=O)C(=C)CC(=O)OC2C)OC1=O. The average molecular weight is 342 g/mol. The van der Waals surface area contributed by atoms with Crippen molar-refractivity contribution in [2.75, 3.05) is 0 Å². The van der Waals surface area contributed by atoms with Gasteiger partial charge in [0.15, 0.2) is 6.10 Å². The lowest BCUT2D eigenvalue weighted by molar-refractivity contribution is -0.455. The predicted octanol–water partition coefficient (Wildman–Crippen LogP) is -1.20. The van der Waals surface area contributed by atoms with Crippen molar-refractivity contribution in [3.05, 3.63) is 24.3 Å². The van der Waals surface area contributed by atoms with Crippen LogP contribution in [0.3, 0.4) is 0 Å². The molecule has 2 aliphatic heterocycles. The standard InChI is InChI=1S/C14H14O10/c1-6-4-9(15)21-8(3)13(19,23-11(6)17)14(20)22-10(16)5-7(2)12(18)24-14/h8,19-20H,1-2,4-5H2,3H3. The van der Waals surface area contributed by atoms with Crippen LogP contribution in [0.5, 0.6) is 0 Å². The molecule has 3 unspecified atom stereocenters. The van der Waals surface area contributed by atoms with Crippen LogP contribution in [0.25, 0.3) is 0 Å². The Morgan fingerprint density at radius 2 is 1.42 bits per heavy atom. The molecule has 3 atom stereocenters. The molecule has 10 nitrogen and oxygen atoms in total. The zero-order chi connectivity index (χ0) is 18.3. The molecule has 2 heterocycles. The van der Waals surface area contributed by atoms with Crippen molar-refractivity contribution in [3.63, 3.8) is 0 Å². The average Bonchev–Trinajstić information content (AvgIpc) is 2.54. The van der Waals surface area contributed by atoms with Crippen molar-refractivity contribution in [1.29, 1.82) is 0 Å². The van der Waals surface area contributed by atoms with Crippen LogP contribution < -0.4 is 0 Å². The molecule has 130 valence electrons. The molecule has 0 aromatic rings. The number of hydrogen-bond donors (Lipinski definition) is 2. The first-order valence-electron chi connectivity index (χ1n) is 6.67. The summed E-state index contributed by atoms with van der Waals surface area (Å²) in [6.45, 7) is 7.55. The molecule has 0 radical (unpaired) electrons. The van der Waals surface area contributed by atoms with Crippen LogP contribution >= 0.6 is 0 Å². The van der Waals surface area contributed by atoms with Crippen molar-refractivity contribution in [2.45, 2.75) is 37.6 Å². The van der Waals surface area contributed by atoms with Crippen LogP contribution in [0.1, 0.15) is 19.8 Å². The van der Waals surface area contributed by atoms with E-state index in [0.717, 1.165) is 6.92 Å². The quantitative estimate of drug-likeness (QED) is 0.338. The Morgan fingerprint density at radius 3 is 2.00 bits per heavy atom. The van der Waals surface area contributed by atoms with Gasteiger partial charge in [-0.2, -0.15) is 0 Å². The predicted molar refractivity (Wildman–Crippen MR) is 71.2 cm³/mol. The van der Waals surface area contributed by atoms with Gasteiger partial charge in [0.25, 0.3) is 0 Å². The second kappa shape index (κ2) is 5.73. The minimum atomic E-state index is -3.46. The summed E-state index contributed by atoms with van der Waals surface area (Å²) >= 11 is 0. The summed E-state index contributed by atoms with van der Waals surface area (Å²) in [5.74, 6) is -11.4. The van der Waals surface area contributed by atoms with Gasteiger partial charge in [-0.25, -0.2) is 9.59 Å². The van der Waals surface area contributed by atoms with Crippen LogP contribution in [0.2, 0.25) is 0 Å². The van der Waals surface area contributed by atoms with Crippen molar-refractivity contribution in [3.8, 4) is 0 Å². The number of ether oxygens (including phenoxy) is 4. The first-order chi connectivity index (χ1) is 11.0. The molecular weight excluding hydrogens is 328 g/mol. The smallest absolute Gasteiger partial charge is 0.447 e. The lowest BCUT2D eigenvalue weighted by atomic mass is 10.1. The highest BCUT2D eigenvalue weighted by Crippen LogP contribution is 2.37. The highest BCUT2D eigenvalue weighted by molar-refractivity contribution is 5.95. The monoisotopic (exact) mass is 342 g/mol. The molecule has 2 N–H and O–H groups in total. The molecule has 0 saturated carbocycles. The maximum atomic E-state index is 11.9. The van der Waals surface area contributed by atoms with Gasteiger partial charge in [0.2, 0.25) is 0 Å². The minimum Gasteiger partial charge on any atom is -0.455 e. The summed E-state index contributed by atoms with van der Waals surface area (Å²) in [5.41, 5.74) is -0.768. The highest BCUT2D eigenvalue weighted by Gasteiger charge is 2.67. The number of carbonyl (C=O) groups excluding carboxylic acids is 4. The van der Waals surface area contributed by atoms with E-state index in [1.54, 1.807) is 0 Å². The summed E-state index contributed by atoms with van der Waals surface area (Å²) in [4.78, 5) is 46.9. The number of rotatable bonds is 1. The number of cyclic esters (lactones) is 4. The van der Waals surface area contributed by atoms with Gasteiger partial charge in [0.1, 0.15) is 0 Å². The van der Waals surface area contributed by atoms with Crippen LogP contribution in [0.4, 0.5) is 0 Å². The van der Waals surface area contributed by atoms with Gasteiger partial charge in [0, 0.05) is 11.1 Å². The first kappa shape index (κ1) is 17.6. The number of aliphatic hydroxyl groups is 2. The van der Waals surface area contributed by atoms with Crippen molar-refractivity contribution in [1.82, 2.24) is 0 Å². The molecule has 0 bridgehead atoms. The summed E-state index contributed by atoms with van der Waals surface area (Å²) in [7, 11) is 0. The van der Waals surface area contributed by atoms with E-state index in [4.69, 9.17) is 4.74 Å². The Kier molecular flexibility index (Phi) is 4.21. The normalized spacial score (nSPS) is 35.0. The Morgan fingerprint density at radius 1 is 0.917 bits per heavy atom. The van der Waals surface area contributed by atoms with E-state index >= 15 is 0 Å². The van der Waals surface area contributed by atoms with Crippen LogP contribution in [0, 0.1) is 0 Å². The van der Waals surface area contributed by atoms with Gasteiger partial charge in [-0.15, -0.1) is 0 Å². The first-order valence-corrected chi connectivity index (χ1v) is 6.67. The minimum absolute atomic E-state index is 0.370. The van der Waals surface area contributed by atoms with Crippen LogP contribution in [0.15, 0.2) is 24.3 Å². The Labute approximate surface area is 135 Å². The third kappa shape index (κ3) is 2.88. The fourth-order valence-electron chi connectivity index (χ4n) is 1.98. The Balaban J connectivity index is 2.50. The summed E-state index contributed by atoms with van der Waals surface area (Å²) in [6.07, 6.45) is -2.92. The molecule has 0 spiro atoms.